The molecule has 14 heavy (non-hydrogen) atoms. The zero-order chi connectivity index (χ0) is 9.97. The van der Waals surface area contributed by atoms with E-state index in [1.165, 1.54) is 4.31 Å². The molecule has 1 aromatic carbocycles. The van der Waals surface area contributed by atoms with Crippen molar-refractivity contribution in [3.05, 3.63) is 36.5 Å². The first-order valence-corrected chi connectivity index (χ1v) is 4.50. The maximum absolute atomic E-state index is 10.6. The molecule has 2 aromatic rings. The first-order valence-electron chi connectivity index (χ1n) is 4.10. The van der Waals surface area contributed by atoms with E-state index in [0.717, 1.165) is 16.6 Å². The van der Waals surface area contributed by atoms with Gasteiger partial charge in [0.25, 0.3) is 0 Å². The lowest BCUT2D eigenvalue weighted by Gasteiger charge is -2.11. The van der Waals surface area contributed by atoms with Gasteiger partial charge in [-0.2, -0.15) is 0 Å². The van der Waals surface area contributed by atoms with E-state index in [1.54, 1.807) is 6.20 Å². The Bertz CT molecular complexity index is 467. The Morgan fingerprint density at radius 1 is 1.29 bits per heavy atom. The van der Waals surface area contributed by atoms with Gasteiger partial charge >= 0.3 is 0 Å². The number of carbonyl (C=O) groups is 1. The molecule has 2 rings (SSSR count). The number of thiol groups is 1. The van der Waals surface area contributed by atoms with Gasteiger partial charge in [-0.05, 0) is 24.3 Å². The number of aromatic nitrogens is 1. The summed E-state index contributed by atoms with van der Waals surface area (Å²) in [5, 5.41) is 0.914. The summed E-state index contributed by atoms with van der Waals surface area (Å²) in [6, 6.07) is 9.30. The molecule has 0 N–H and O–H groups in total. The Hall–Kier alpha value is -1.55. The number of hydrogen-bond acceptors (Lipinski definition) is 3. The number of nitrogens with zero attached hydrogens (tertiary/aromatic N) is 2. The summed E-state index contributed by atoms with van der Waals surface area (Å²) >= 11 is 4.03. The van der Waals surface area contributed by atoms with Gasteiger partial charge < -0.3 is 0 Å². The second-order valence-corrected chi connectivity index (χ2v) is 3.23. The van der Waals surface area contributed by atoms with Gasteiger partial charge in [0.1, 0.15) is 0 Å². The summed E-state index contributed by atoms with van der Waals surface area (Å²) < 4.78 is 1.24. The normalized spacial score (nSPS) is 10.1. The van der Waals surface area contributed by atoms with E-state index in [9.17, 15) is 4.79 Å². The molecule has 0 unspecified atom stereocenters. The molecular formula is C10H8N2OS. The average molecular weight is 204 g/mol. The van der Waals surface area contributed by atoms with Crippen molar-refractivity contribution in [3.8, 4) is 0 Å². The first-order chi connectivity index (χ1) is 6.83. The summed E-state index contributed by atoms with van der Waals surface area (Å²) in [4.78, 5) is 14.8. The van der Waals surface area contributed by atoms with E-state index >= 15 is 0 Å². The van der Waals surface area contributed by atoms with Gasteiger partial charge in [-0.1, -0.05) is 18.9 Å². The van der Waals surface area contributed by atoms with E-state index in [0.29, 0.717) is 6.41 Å². The van der Waals surface area contributed by atoms with E-state index in [2.05, 4.69) is 17.8 Å². The zero-order valence-electron chi connectivity index (χ0n) is 7.29. The summed E-state index contributed by atoms with van der Waals surface area (Å²) in [5.41, 5.74) is 1.60. The maximum atomic E-state index is 10.6. The van der Waals surface area contributed by atoms with Crippen LogP contribution in [0.3, 0.4) is 0 Å². The van der Waals surface area contributed by atoms with Crippen LogP contribution in [0.1, 0.15) is 0 Å². The van der Waals surface area contributed by atoms with Gasteiger partial charge in [0.2, 0.25) is 6.41 Å². The van der Waals surface area contributed by atoms with Gasteiger partial charge in [-0.3, -0.25) is 14.1 Å². The van der Waals surface area contributed by atoms with Crippen LogP contribution in [-0.4, -0.2) is 11.4 Å². The third-order valence-electron chi connectivity index (χ3n) is 1.97. The van der Waals surface area contributed by atoms with E-state index < -0.39 is 0 Å². The first kappa shape index (κ1) is 9.02. The maximum Gasteiger partial charge on any atom is 0.224 e. The zero-order valence-corrected chi connectivity index (χ0v) is 8.19. The Kier molecular flexibility index (Phi) is 2.37. The van der Waals surface area contributed by atoms with Crippen LogP contribution in [-0.2, 0) is 4.79 Å². The summed E-state index contributed by atoms with van der Waals surface area (Å²) in [6.07, 6.45) is 2.38. The van der Waals surface area contributed by atoms with Gasteiger partial charge in [-0.25, -0.2) is 0 Å². The number of rotatable bonds is 2. The van der Waals surface area contributed by atoms with Crippen LogP contribution in [0.5, 0.6) is 0 Å². The van der Waals surface area contributed by atoms with Gasteiger partial charge in [0, 0.05) is 11.6 Å². The molecule has 0 spiro atoms. The molecular weight excluding hydrogens is 196 g/mol. The number of amides is 1. The fourth-order valence-corrected chi connectivity index (χ4v) is 1.52. The molecule has 3 nitrogen and oxygen atoms in total. The average Bonchev–Trinajstić information content (AvgIpc) is 2.27. The molecule has 0 saturated carbocycles. The summed E-state index contributed by atoms with van der Waals surface area (Å²) in [5.74, 6) is 0. The van der Waals surface area contributed by atoms with Crippen LogP contribution in [0.15, 0.2) is 36.5 Å². The van der Waals surface area contributed by atoms with Gasteiger partial charge in [-0.15, -0.1) is 0 Å². The summed E-state index contributed by atoms with van der Waals surface area (Å²) in [6.45, 7) is 0. The minimum atomic E-state index is 0.658. The molecule has 70 valence electrons. The molecule has 4 heteroatoms. The highest BCUT2D eigenvalue weighted by Gasteiger charge is 2.04. The molecule has 0 aliphatic heterocycles. The third kappa shape index (κ3) is 1.44. The minimum Gasteiger partial charge on any atom is -0.277 e. The van der Waals surface area contributed by atoms with Crippen molar-refractivity contribution < 1.29 is 4.79 Å². The fraction of sp³-hybridized carbons (Fsp3) is 0. The predicted molar refractivity (Wildman–Crippen MR) is 59.3 cm³/mol. The Morgan fingerprint density at radius 3 is 2.93 bits per heavy atom. The van der Waals surface area contributed by atoms with E-state index in [-0.39, 0.29) is 0 Å². The number of benzene rings is 1. The van der Waals surface area contributed by atoms with Gasteiger partial charge in [0.15, 0.2) is 0 Å². The second-order valence-electron chi connectivity index (χ2n) is 2.80. The molecule has 0 atom stereocenters. The van der Waals surface area contributed by atoms with Crippen LogP contribution >= 0.6 is 12.8 Å². The number of pyridine rings is 1. The molecule has 0 radical (unpaired) electrons. The van der Waals surface area contributed by atoms with Crippen LogP contribution in [0.4, 0.5) is 5.69 Å². The van der Waals surface area contributed by atoms with E-state index in [1.807, 2.05) is 30.3 Å². The Morgan fingerprint density at radius 2 is 2.14 bits per heavy atom. The standard InChI is InChI=1S/C10H8N2OS/c13-7-12(14)10-5-1-4-9-8(10)3-2-6-11-9/h1-7,14H. The van der Waals surface area contributed by atoms with Crippen LogP contribution in [0.25, 0.3) is 10.9 Å². The van der Waals surface area contributed by atoms with Crippen molar-refractivity contribution in [2.24, 2.45) is 0 Å². The molecule has 0 aliphatic carbocycles. The summed E-state index contributed by atoms with van der Waals surface area (Å²) in [7, 11) is 0. The quantitative estimate of drug-likeness (QED) is 0.600. The molecule has 0 bridgehead atoms. The van der Waals surface area contributed by atoms with Crippen molar-refractivity contribution in [1.82, 2.24) is 4.98 Å². The SMILES string of the molecule is O=CN(S)c1cccc2ncccc12. The Labute approximate surface area is 86.9 Å². The molecule has 1 amide bonds. The molecule has 0 fully saturated rings. The lowest BCUT2D eigenvalue weighted by atomic mass is 10.2. The van der Waals surface area contributed by atoms with Gasteiger partial charge in [0.05, 0.1) is 11.2 Å². The number of carbonyl (C=O) groups excluding carboxylic acids is 1. The second kappa shape index (κ2) is 3.67. The Balaban J connectivity index is 2.70. The number of hydrogen-bond donors (Lipinski definition) is 1. The molecule has 1 heterocycles. The topological polar surface area (TPSA) is 33.2 Å². The fourth-order valence-electron chi connectivity index (χ4n) is 1.34. The predicted octanol–water partition coefficient (Wildman–Crippen LogP) is 2.04. The highest BCUT2D eigenvalue weighted by Crippen LogP contribution is 2.25. The van der Waals surface area contributed by atoms with Crippen molar-refractivity contribution in [2.75, 3.05) is 4.31 Å². The highest BCUT2D eigenvalue weighted by molar-refractivity contribution is 7.82. The highest BCUT2D eigenvalue weighted by atomic mass is 32.1. The van der Waals surface area contributed by atoms with Crippen LogP contribution < -0.4 is 4.31 Å². The van der Waals surface area contributed by atoms with Crippen LogP contribution in [0.2, 0.25) is 0 Å². The number of fused-ring (bicyclic) bond motifs is 1. The monoisotopic (exact) mass is 204 g/mol. The van der Waals surface area contributed by atoms with Crippen molar-refractivity contribution >= 4 is 35.8 Å². The van der Waals surface area contributed by atoms with Crippen molar-refractivity contribution in [2.45, 2.75) is 0 Å². The smallest absolute Gasteiger partial charge is 0.224 e. The number of anilines is 1. The lowest BCUT2D eigenvalue weighted by molar-refractivity contribution is -0.106. The minimum absolute atomic E-state index is 0.658. The molecule has 0 aliphatic rings. The van der Waals surface area contributed by atoms with Crippen LogP contribution in [0, 0.1) is 0 Å². The molecule has 1 aromatic heterocycles. The third-order valence-corrected chi connectivity index (χ3v) is 2.28. The van der Waals surface area contributed by atoms with Crippen molar-refractivity contribution in [3.63, 3.8) is 0 Å². The lowest BCUT2D eigenvalue weighted by Crippen LogP contribution is -2.06. The van der Waals surface area contributed by atoms with Crippen molar-refractivity contribution in [1.29, 1.82) is 0 Å². The molecule has 0 saturated heterocycles. The van der Waals surface area contributed by atoms with E-state index in [4.69, 9.17) is 0 Å². The largest absolute Gasteiger partial charge is 0.277 e.